The van der Waals surface area contributed by atoms with Gasteiger partial charge in [-0.05, 0) is 52.2 Å². The van der Waals surface area contributed by atoms with Gasteiger partial charge in [0.15, 0.2) is 0 Å². The van der Waals surface area contributed by atoms with Crippen molar-refractivity contribution in [3.63, 3.8) is 0 Å². The molecule has 3 aromatic carbocycles. The minimum absolute atomic E-state index is 0.267. The van der Waals surface area contributed by atoms with Crippen molar-refractivity contribution >= 4 is 10.8 Å². The number of aromatic hydroxyl groups is 1. The first-order valence-electron chi connectivity index (χ1n) is 6.29. The maximum absolute atomic E-state index is 9.67. The average Bonchev–Trinajstić information content (AvgIpc) is 2.45. The lowest BCUT2D eigenvalue weighted by Crippen LogP contribution is -2.05. The molecule has 2 heteroatoms. The fraction of sp³-hybridized carbons (Fsp3) is 0.0588. The van der Waals surface area contributed by atoms with Gasteiger partial charge in [-0.25, -0.2) is 0 Å². The van der Waals surface area contributed by atoms with Crippen molar-refractivity contribution in [2.24, 2.45) is 0 Å². The maximum atomic E-state index is 9.67. The fourth-order valence-electron chi connectivity index (χ4n) is 2.67. The average molecular weight is 248 g/mol. The van der Waals surface area contributed by atoms with Crippen LogP contribution in [-0.4, -0.2) is 5.11 Å². The Hall–Kier alpha value is -2.48. The SMILES string of the molecule is Oc1ccc2c(c1)-c1cc3ccccc3cc1CO2. The molecule has 0 unspecified atom stereocenters. The molecular weight excluding hydrogens is 236 g/mol. The molecule has 0 bridgehead atoms. The van der Waals surface area contributed by atoms with Gasteiger partial charge in [-0.3, -0.25) is 0 Å². The molecule has 3 aromatic rings. The van der Waals surface area contributed by atoms with Crippen molar-refractivity contribution < 1.29 is 9.84 Å². The van der Waals surface area contributed by atoms with Gasteiger partial charge in [-0.15, -0.1) is 0 Å². The Bertz CT molecular complexity index is 790. The van der Waals surface area contributed by atoms with E-state index < -0.39 is 0 Å². The van der Waals surface area contributed by atoms with Gasteiger partial charge in [0.25, 0.3) is 0 Å². The number of rotatable bonds is 0. The Morgan fingerprint density at radius 3 is 2.47 bits per heavy atom. The van der Waals surface area contributed by atoms with E-state index in [9.17, 15) is 5.11 Å². The lowest BCUT2D eigenvalue weighted by Gasteiger charge is -2.21. The van der Waals surface area contributed by atoms with Crippen LogP contribution in [0.25, 0.3) is 21.9 Å². The zero-order valence-corrected chi connectivity index (χ0v) is 10.3. The van der Waals surface area contributed by atoms with Crippen LogP contribution in [0.3, 0.4) is 0 Å². The molecule has 92 valence electrons. The second kappa shape index (κ2) is 3.75. The van der Waals surface area contributed by atoms with Crippen LogP contribution < -0.4 is 4.74 Å². The highest BCUT2D eigenvalue weighted by molar-refractivity contribution is 5.91. The summed E-state index contributed by atoms with van der Waals surface area (Å²) in [4.78, 5) is 0. The van der Waals surface area contributed by atoms with E-state index >= 15 is 0 Å². The molecule has 0 fully saturated rings. The molecule has 0 radical (unpaired) electrons. The monoisotopic (exact) mass is 248 g/mol. The first kappa shape index (κ1) is 10.4. The molecular formula is C17H12O2. The van der Waals surface area contributed by atoms with E-state index in [-0.39, 0.29) is 5.75 Å². The van der Waals surface area contributed by atoms with Gasteiger partial charge >= 0.3 is 0 Å². The van der Waals surface area contributed by atoms with Crippen LogP contribution in [0.5, 0.6) is 11.5 Å². The Kier molecular flexibility index (Phi) is 2.06. The van der Waals surface area contributed by atoms with Crippen molar-refractivity contribution in [1.29, 1.82) is 0 Å². The van der Waals surface area contributed by atoms with Crippen LogP contribution in [-0.2, 0) is 6.61 Å². The highest BCUT2D eigenvalue weighted by Gasteiger charge is 2.18. The third-order valence-electron chi connectivity index (χ3n) is 3.61. The Morgan fingerprint density at radius 1 is 0.842 bits per heavy atom. The molecule has 0 saturated carbocycles. The van der Waals surface area contributed by atoms with Crippen molar-refractivity contribution in [3.05, 3.63) is 60.2 Å². The van der Waals surface area contributed by atoms with E-state index in [1.807, 2.05) is 18.2 Å². The first-order valence-corrected chi connectivity index (χ1v) is 6.29. The molecule has 1 aliphatic heterocycles. The number of phenols is 1. The summed E-state index contributed by atoms with van der Waals surface area (Å²) in [5, 5.41) is 12.1. The van der Waals surface area contributed by atoms with Gasteiger partial charge in [0.1, 0.15) is 18.1 Å². The van der Waals surface area contributed by atoms with Gasteiger partial charge in [-0.2, -0.15) is 0 Å². The lowest BCUT2D eigenvalue weighted by molar-refractivity contribution is 0.302. The molecule has 0 spiro atoms. The molecule has 1 N–H and O–H groups in total. The standard InChI is InChI=1S/C17H12O2/c18-14-5-6-17-16(9-14)15-8-12-4-2-1-3-11(12)7-13(15)10-19-17/h1-9,18H,10H2. The molecule has 0 atom stereocenters. The number of ether oxygens (including phenoxy) is 1. The van der Waals surface area contributed by atoms with Crippen LogP contribution in [0, 0.1) is 0 Å². The normalized spacial score (nSPS) is 12.6. The summed E-state index contributed by atoms with van der Waals surface area (Å²) in [6.45, 7) is 0.581. The van der Waals surface area contributed by atoms with Crippen molar-refractivity contribution in [3.8, 4) is 22.6 Å². The van der Waals surface area contributed by atoms with Crippen molar-refractivity contribution in [2.45, 2.75) is 6.61 Å². The highest BCUT2D eigenvalue weighted by Crippen LogP contribution is 2.40. The van der Waals surface area contributed by atoms with Gasteiger partial charge < -0.3 is 9.84 Å². The predicted molar refractivity (Wildman–Crippen MR) is 75.4 cm³/mol. The molecule has 19 heavy (non-hydrogen) atoms. The Morgan fingerprint density at radius 2 is 1.63 bits per heavy atom. The van der Waals surface area contributed by atoms with Crippen molar-refractivity contribution in [2.75, 3.05) is 0 Å². The molecule has 0 aromatic heterocycles. The molecule has 1 heterocycles. The zero-order valence-electron chi connectivity index (χ0n) is 10.3. The second-order valence-electron chi connectivity index (χ2n) is 4.83. The predicted octanol–water partition coefficient (Wildman–Crippen LogP) is 4.10. The zero-order chi connectivity index (χ0) is 12.8. The van der Waals surface area contributed by atoms with E-state index in [0.29, 0.717) is 6.61 Å². The Labute approximate surface area is 110 Å². The van der Waals surface area contributed by atoms with Crippen LogP contribution >= 0.6 is 0 Å². The summed E-state index contributed by atoms with van der Waals surface area (Å²) in [7, 11) is 0. The lowest BCUT2D eigenvalue weighted by atomic mass is 9.93. The maximum Gasteiger partial charge on any atom is 0.127 e. The summed E-state index contributed by atoms with van der Waals surface area (Å²) < 4.78 is 5.74. The van der Waals surface area contributed by atoms with Crippen LogP contribution in [0.4, 0.5) is 0 Å². The van der Waals surface area contributed by atoms with E-state index in [0.717, 1.165) is 22.4 Å². The van der Waals surface area contributed by atoms with Gasteiger partial charge in [-0.1, -0.05) is 24.3 Å². The number of phenolic OH excluding ortho intramolecular Hbond substituents is 1. The van der Waals surface area contributed by atoms with E-state index in [1.165, 1.54) is 10.8 Å². The molecule has 2 nitrogen and oxygen atoms in total. The van der Waals surface area contributed by atoms with E-state index in [4.69, 9.17) is 4.74 Å². The topological polar surface area (TPSA) is 29.5 Å². The highest BCUT2D eigenvalue weighted by atomic mass is 16.5. The second-order valence-corrected chi connectivity index (χ2v) is 4.83. The summed E-state index contributed by atoms with van der Waals surface area (Å²) >= 11 is 0. The molecule has 1 aliphatic rings. The number of hydrogen-bond acceptors (Lipinski definition) is 2. The minimum atomic E-state index is 0.267. The fourth-order valence-corrected chi connectivity index (χ4v) is 2.67. The van der Waals surface area contributed by atoms with Gasteiger partial charge in [0, 0.05) is 5.56 Å². The summed E-state index contributed by atoms with van der Waals surface area (Å²) in [5.41, 5.74) is 3.28. The van der Waals surface area contributed by atoms with E-state index in [2.05, 4.69) is 24.3 Å². The first-order chi connectivity index (χ1) is 9.31. The number of benzene rings is 3. The third kappa shape index (κ3) is 1.57. The van der Waals surface area contributed by atoms with Crippen LogP contribution in [0.1, 0.15) is 5.56 Å². The number of fused-ring (bicyclic) bond motifs is 4. The molecule has 0 amide bonds. The molecule has 4 rings (SSSR count). The quantitative estimate of drug-likeness (QED) is 0.649. The largest absolute Gasteiger partial charge is 0.508 e. The van der Waals surface area contributed by atoms with Crippen molar-refractivity contribution in [1.82, 2.24) is 0 Å². The molecule has 0 aliphatic carbocycles. The van der Waals surface area contributed by atoms with Gasteiger partial charge in [0.05, 0.1) is 0 Å². The smallest absolute Gasteiger partial charge is 0.127 e. The Balaban J connectivity index is 2.05. The third-order valence-corrected chi connectivity index (χ3v) is 3.61. The molecule has 0 saturated heterocycles. The number of hydrogen-bond donors (Lipinski definition) is 1. The summed E-state index contributed by atoms with van der Waals surface area (Å²) in [5.74, 6) is 1.10. The summed E-state index contributed by atoms with van der Waals surface area (Å²) in [6, 6.07) is 17.9. The van der Waals surface area contributed by atoms with Crippen LogP contribution in [0.2, 0.25) is 0 Å². The van der Waals surface area contributed by atoms with Gasteiger partial charge in [0.2, 0.25) is 0 Å². The van der Waals surface area contributed by atoms with Crippen LogP contribution in [0.15, 0.2) is 54.6 Å². The summed E-state index contributed by atoms with van der Waals surface area (Å²) in [6.07, 6.45) is 0. The van der Waals surface area contributed by atoms with E-state index in [1.54, 1.807) is 12.1 Å². The minimum Gasteiger partial charge on any atom is -0.508 e.